The number of hydrazone groups is 1. The second-order valence-electron chi connectivity index (χ2n) is 7.12. The number of carbonyl (C=O) groups is 2. The van der Waals surface area contributed by atoms with Gasteiger partial charge in [-0.3, -0.25) is 14.9 Å². The Balaban J connectivity index is 1.58. The highest BCUT2D eigenvalue weighted by Crippen LogP contribution is 2.29. The lowest BCUT2D eigenvalue weighted by molar-refractivity contribution is -0.385. The van der Waals surface area contributed by atoms with E-state index in [-0.39, 0.29) is 17.2 Å². The quantitative estimate of drug-likeness (QED) is 0.139. The first-order chi connectivity index (χ1) is 16.8. The second-order valence-corrected chi connectivity index (χ2v) is 8.03. The fourth-order valence-corrected chi connectivity index (χ4v) is 3.10. The van der Waals surface area contributed by atoms with Gasteiger partial charge in [-0.2, -0.15) is 5.10 Å². The number of nitro groups is 1. The molecule has 0 radical (unpaired) electrons. The summed E-state index contributed by atoms with van der Waals surface area (Å²) in [4.78, 5) is 34.9. The first kappa shape index (κ1) is 25.4. The highest BCUT2D eigenvalue weighted by atomic mass is 79.9. The third kappa shape index (κ3) is 7.11. The molecule has 3 aromatic carbocycles. The first-order valence-electron chi connectivity index (χ1n) is 10.1. The standard InChI is InChI=1S/C24H20BrN3O7/c1-15-3-9-20(19(11-15)28(31)32)34-14-23(29)27-26-13-16-4-10-21(22(12-16)33-2)35-24(30)17-5-7-18(25)8-6-17/h3-13H,14H2,1-2H3,(H,27,29). The molecule has 11 heteroatoms. The van der Waals surface area contributed by atoms with Crippen molar-refractivity contribution < 1.29 is 28.7 Å². The molecule has 0 aliphatic heterocycles. The molecule has 0 heterocycles. The molecular weight excluding hydrogens is 522 g/mol. The molecule has 0 atom stereocenters. The van der Waals surface area contributed by atoms with Crippen LogP contribution in [0.15, 0.2) is 70.2 Å². The Morgan fingerprint density at radius 2 is 1.77 bits per heavy atom. The zero-order valence-corrected chi connectivity index (χ0v) is 20.3. The van der Waals surface area contributed by atoms with Gasteiger partial charge in [-0.05, 0) is 66.6 Å². The number of ether oxygens (including phenoxy) is 3. The minimum Gasteiger partial charge on any atom is -0.493 e. The highest BCUT2D eigenvalue weighted by molar-refractivity contribution is 9.10. The topological polar surface area (TPSA) is 129 Å². The number of carbonyl (C=O) groups excluding carboxylic acids is 2. The van der Waals surface area contributed by atoms with Gasteiger partial charge in [0.1, 0.15) is 0 Å². The number of benzene rings is 3. The van der Waals surface area contributed by atoms with Crippen LogP contribution in [-0.4, -0.2) is 36.7 Å². The maximum Gasteiger partial charge on any atom is 0.343 e. The summed E-state index contributed by atoms with van der Waals surface area (Å²) in [5.41, 5.74) is 3.68. The van der Waals surface area contributed by atoms with Crippen molar-refractivity contribution in [1.29, 1.82) is 0 Å². The molecule has 3 rings (SSSR count). The Bertz CT molecular complexity index is 1280. The van der Waals surface area contributed by atoms with Crippen LogP contribution in [0.1, 0.15) is 21.5 Å². The van der Waals surface area contributed by atoms with Crippen LogP contribution >= 0.6 is 15.9 Å². The molecule has 1 amide bonds. The summed E-state index contributed by atoms with van der Waals surface area (Å²) in [6.45, 7) is 1.25. The second kappa shape index (κ2) is 11.7. The maximum absolute atomic E-state index is 12.3. The van der Waals surface area contributed by atoms with E-state index in [0.717, 1.165) is 4.47 Å². The molecule has 0 saturated carbocycles. The van der Waals surface area contributed by atoms with Crippen LogP contribution in [0, 0.1) is 17.0 Å². The van der Waals surface area contributed by atoms with Crippen LogP contribution in [0.4, 0.5) is 5.69 Å². The Hall–Kier alpha value is -4.25. The van der Waals surface area contributed by atoms with Crippen LogP contribution in [-0.2, 0) is 4.79 Å². The number of amides is 1. The van der Waals surface area contributed by atoms with E-state index in [9.17, 15) is 19.7 Å². The third-order valence-corrected chi connectivity index (χ3v) is 5.07. The fourth-order valence-electron chi connectivity index (χ4n) is 2.84. The molecule has 0 bridgehead atoms. The van der Waals surface area contributed by atoms with Gasteiger partial charge in [0.2, 0.25) is 0 Å². The van der Waals surface area contributed by atoms with Crippen LogP contribution in [0.5, 0.6) is 17.2 Å². The molecule has 0 aromatic heterocycles. The molecule has 0 unspecified atom stereocenters. The molecule has 0 saturated heterocycles. The number of methoxy groups -OCH3 is 1. The van der Waals surface area contributed by atoms with Crippen molar-refractivity contribution in [3.8, 4) is 17.2 Å². The molecule has 35 heavy (non-hydrogen) atoms. The lowest BCUT2D eigenvalue weighted by Gasteiger charge is -2.10. The fraction of sp³-hybridized carbons (Fsp3) is 0.125. The van der Waals surface area contributed by atoms with E-state index >= 15 is 0 Å². The SMILES string of the molecule is COc1cc(C=NNC(=O)COc2ccc(C)cc2[N+](=O)[O-])ccc1OC(=O)c1ccc(Br)cc1. The van der Waals surface area contributed by atoms with E-state index in [1.165, 1.54) is 25.5 Å². The number of halogens is 1. The average molecular weight is 542 g/mol. The van der Waals surface area contributed by atoms with Crippen LogP contribution in [0.2, 0.25) is 0 Å². The summed E-state index contributed by atoms with van der Waals surface area (Å²) >= 11 is 3.31. The normalized spacial score (nSPS) is 10.6. The molecule has 10 nitrogen and oxygen atoms in total. The van der Waals surface area contributed by atoms with E-state index in [4.69, 9.17) is 14.2 Å². The predicted molar refractivity (Wildman–Crippen MR) is 131 cm³/mol. The molecular formula is C24H20BrN3O7. The lowest BCUT2D eigenvalue weighted by atomic mass is 10.2. The minimum absolute atomic E-state index is 0.0160. The van der Waals surface area contributed by atoms with Crippen molar-refractivity contribution in [2.75, 3.05) is 13.7 Å². The molecule has 0 aliphatic carbocycles. The zero-order valence-electron chi connectivity index (χ0n) is 18.7. The van der Waals surface area contributed by atoms with Gasteiger partial charge in [0.15, 0.2) is 23.9 Å². The van der Waals surface area contributed by atoms with Crippen molar-refractivity contribution in [2.24, 2.45) is 5.10 Å². The number of nitrogens with one attached hydrogen (secondary N) is 1. The Morgan fingerprint density at radius 1 is 1.06 bits per heavy atom. The lowest BCUT2D eigenvalue weighted by Crippen LogP contribution is -2.24. The maximum atomic E-state index is 12.3. The van der Waals surface area contributed by atoms with E-state index in [1.807, 2.05) is 0 Å². The van der Waals surface area contributed by atoms with Crippen molar-refractivity contribution in [2.45, 2.75) is 6.92 Å². The number of nitro benzene ring substituents is 1. The number of hydrogen-bond donors (Lipinski definition) is 1. The van der Waals surface area contributed by atoms with Crippen molar-refractivity contribution >= 4 is 39.7 Å². The molecule has 1 N–H and O–H groups in total. The third-order valence-electron chi connectivity index (χ3n) is 4.54. The van der Waals surface area contributed by atoms with Gasteiger partial charge in [0.05, 0.1) is 23.8 Å². The first-order valence-corrected chi connectivity index (χ1v) is 10.9. The molecule has 3 aromatic rings. The number of esters is 1. The van der Waals surface area contributed by atoms with Gasteiger partial charge in [-0.25, -0.2) is 10.2 Å². The largest absolute Gasteiger partial charge is 0.493 e. The van der Waals surface area contributed by atoms with Crippen LogP contribution in [0.3, 0.4) is 0 Å². The molecule has 180 valence electrons. The minimum atomic E-state index is -0.608. The Morgan fingerprint density at radius 3 is 2.46 bits per heavy atom. The number of nitrogens with zero attached hydrogens (tertiary/aromatic N) is 2. The van der Waals surface area contributed by atoms with Crippen molar-refractivity contribution in [1.82, 2.24) is 5.43 Å². The predicted octanol–water partition coefficient (Wildman–Crippen LogP) is 4.42. The highest BCUT2D eigenvalue weighted by Gasteiger charge is 2.16. The number of hydrogen-bond acceptors (Lipinski definition) is 8. The Labute approximate surface area is 208 Å². The van der Waals surface area contributed by atoms with E-state index in [0.29, 0.717) is 22.4 Å². The Kier molecular flexibility index (Phi) is 8.52. The van der Waals surface area contributed by atoms with Gasteiger partial charge < -0.3 is 14.2 Å². The summed E-state index contributed by atoms with van der Waals surface area (Å²) < 4.78 is 16.8. The van der Waals surface area contributed by atoms with E-state index < -0.39 is 23.4 Å². The van der Waals surface area contributed by atoms with Gasteiger partial charge in [0.25, 0.3) is 5.91 Å². The van der Waals surface area contributed by atoms with Gasteiger partial charge in [-0.1, -0.05) is 22.0 Å². The van der Waals surface area contributed by atoms with Crippen molar-refractivity contribution in [3.05, 3.63) is 91.9 Å². The molecule has 0 spiro atoms. The average Bonchev–Trinajstić information content (AvgIpc) is 2.84. The van der Waals surface area contributed by atoms with Gasteiger partial charge in [-0.15, -0.1) is 0 Å². The van der Waals surface area contributed by atoms with Crippen LogP contribution < -0.4 is 19.6 Å². The van der Waals surface area contributed by atoms with Crippen LogP contribution in [0.25, 0.3) is 0 Å². The summed E-state index contributed by atoms with van der Waals surface area (Å²) in [7, 11) is 1.43. The summed E-state index contributed by atoms with van der Waals surface area (Å²) in [6, 6.07) is 15.9. The molecule has 0 fully saturated rings. The van der Waals surface area contributed by atoms with E-state index in [2.05, 4.69) is 26.5 Å². The summed E-state index contributed by atoms with van der Waals surface area (Å²) in [5.74, 6) is -0.658. The van der Waals surface area contributed by atoms with E-state index in [1.54, 1.807) is 55.5 Å². The molecule has 0 aliphatic rings. The van der Waals surface area contributed by atoms with Gasteiger partial charge >= 0.3 is 11.7 Å². The smallest absolute Gasteiger partial charge is 0.343 e. The van der Waals surface area contributed by atoms with Crippen molar-refractivity contribution in [3.63, 3.8) is 0 Å². The summed E-state index contributed by atoms with van der Waals surface area (Å²) in [5, 5.41) is 15.0. The zero-order chi connectivity index (χ0) is 25.4. The number of aryl methyl sites for hydroxylation is 1. The summed E-state index contributed by atoms with van der Waals surface area (Å²) in [6.07, 6.45) is 1.36. The van der Waals surface area contributed by atoms with Gasteiger partial charge in [0, 0.05) is 10.5 Å². The monoisotopic (exact) mass is 541 g/mol. The number of rotatable bonds is 9.